The van der Waals surface area contributed by atoms with Crippen molar-refractivity contribution < 1.29 is 0 Å². The van der Waals surface area contributed by atoms with Crippen LogP contribution in [0.4, 0.5) is 0 Å². The van der Waals surface area contributed by atoms with Crippen LogP contribution in [-0.4, -0.2) is 19.8 Å². The van der Waals surface area contributed by atoms with Crippen molar-refractivity contribution in [1.29, 1.82) is 0 Å². The van der Waals surface area contributed by atoms with Crippen molar-refractivity contribution in [3.8, 4) is 11.4 Å². The lowest BCUT2D eigenvalue weighted by atomic mass is 10.2. The molecule has 0 aliphatic rings. The average Bonchev–Trinajstić information content (AvgIpc) is 2.89. The quantitative estimate of drug-likeness (QED) is 0.719. The second kappa shape index (κ2) is 4.33. The number of rotatable bonds is 2. The Kier molecular flexibility index (Phi) is 2.80. The first kappa shape index (κ1) is 11.6. The van der Waals surface area contributed by atoms with Gasteiger partial charge in [-0.3, -0.25) is 0 Å². The molecule has 3 rings (SSSR count). The molecular formula is C12H11ClN4S. The van der Waals surface area contributed by atoms with Crippen molar-refractivity contribution in [2.75, 3.05) is 0 Å². The van der Waals surface area contributed by atoms with Gasteiger partial charge in [0.2, 0.25) is 4.96 Å². The Morgan fingerprint density at radius 2 is 1.89 bits per heavy atom. The summed E-state index contributed by atoms with van der Waals surface area (Å²) >= 11 is 7.46. The fraction of sp³-hybridized carbons (Fsp3) is 0.250. The molecule has 4 nitrogen and oxygen atoms in total. The largest absolute Gasteiger partial charge is 0.234 e. The van der Waals surface area contributed by atoms with Gasteiger partial charge in [-0.15, -0.1) is 10.2 Å². The molecular weight excluding hydrogens is 268 g/mol. The number of benzene rings is 1. The molecule has 2 heterocycles. The van der Waals surface area contributed by atoms with Gasteiger partial charge in [0, 0.05) is 16.5 Å². The SMILES string of the molecule is CC(C)c1nn2c(-c3ccc(Cl)cc3)nnc2s1. The van der Waals surface area contributed by atoms with Crippen LogP contribution in [0.5, 0.6) is 0 Å². The molecule has 0 unspecified atom stereocenters. The van der Waals surface area contributed by atoms with E-state index in [1.807, 2.05) is 24.3 Å². The molecule has 0 bridgehead atoms. The second-order valence-electron chi connectivity index (χ2n) is 4.32. The normalized spacial score (nSPS) is 11.6. The number of fused-ring (bicyclic) bond motifs is 1. The Balaban J connectivity index is 2.14. The molecule has 0 spiro atoms. The van der Waals surface area contributed by atoms with Crippen LogP contribution in [0, 0.1) is 0 Å². The van der Waals surface area contributed by atoms with E-state index >= 15 is 0 Å². The van der Waals surface area contributed by atoms with Gasteiger partial charge in [-0.05, 0) is 24.3 Å². The molecule has 1 aromatic carbocycles. The highest BCUT2D eigenvalue weighted by Gasteiger charge is 2.14. The maximum atomic E-state index is 5.88. The third-order valence-electron chi connectivity index (χ3n) is 2.60. The highest BCUT2D eigenvalue weighted by Crippen LogP contribution is 2.25. The molecule has 0 aliphatic carbocycles. The minimum Gasteiger partial charge on any atom is -0.183 e. The van der Waals surface area contributed by atoms with Crippen molar-refractivity contribution >= 4 is 27.9 Å². The zero-order valence-electron chi connectivity index (χ0n) is 9.96. The first-order valence-corrected chi connectivity index (χ1v) is 6.82. The van der Waals surface area contributed by atoms with Crippen LogP contribution in [0.25, 0.3) is 16.3 Å². The Labute approximate surface area is 113 Å². The highest BCUT2D eigenvalue weighted by atomic mass is 35.5. The summed E-state index contributed by atoms with van der Waals surface area (Å²) in [5.41, 5.74) is 0.965. The molecule has 0 atom stereocenters. The van der Waals surface area contributed by atoms with E-state index in [4.69, 9.17) is 11.6 Å². The summed E-state index contributed by atoms with van der Waals surface area (Å²) in [7, 11) is 0. The molecule has 0 fully saturated rings. The zero-order chi connectivity index (χ0) is 12.7. The smallest absolute Gasteiger partial charge is 0.183 e. The number of nitrogens with zero attached hydrogens (tertiary/aromatic N) is 4. The Morgan fingerprint density at radius 3 is 2.56 bits per heavy atom. The lowest BCUT2D eigenvalue weighted by Gasteiger charge is -1.98. The lowest BCUT2D eigenvalue weighted by molar-refractivity contribution is 0.802. The zero-order valence-corrected chi connectivity index (χ0v) is 11.5. The standard InChI is InChI=1S/C12H11ClN4S/c1-7(2)11-16-17-10(14-15-12(17)18-11)8-3-5-9(13)6-4-8/h3-7H,1-2H3. The first-order valence-electron chi connectivity index (χ1n) is 5.63. The number of aromatic nitrogens is 4. The summed E-state index contributed by atoms with van der Waals surface area (Å²) in [4.78, 5) is 0.823. The summed E-state index contributed by atoms with van der Waals surface area (Å²) in [6, 6.07) is 7.53. The summed E-state index contributed by atoms with van der Waals surface area (Å²) in [6.07, 6.45) is 0. The van der Waals surface area contributed by atoms with Crippen molar-refractivity contribution in [2.45, 2.75) is 19.8 Å². The fourth-order valence-corrected chi connectivity index (χ4v) is 2.61. The van der Waals surface area contributed by atoms with Gasteiger partial charge in [0.1, 0.15) is 5.01 Å². The first-order chi connectivity index (χ1) is 8.65. The molecule has 18 heavy (non-hydrogen) atoms. The van der Waals surface area contributed by atoms with Crippen LogP contribution < -0.4 is 0 Å². The number of halogens is 1. The van der Waals surface area contributed by atoms with Crippen LogP contribution in [-0.2, 0) is 0 Å². The topological polar surface area (TPSA) is 43.1 Å². The van der Waals surface area contributed by atoms with E-state index in [-0.39, 0.29) is 0 Å². The average molecular weight is 279 g/mol. The van der Waals surface area contributed by atoms with E-state index in [0.29, 0.717) is 10.9 Å². The summed E-state index contributed by atoms with van der Waals surface area (Å²) < 4.78 is 1.79. The lowest BCUT2D eigenvalue weighted by Crippen LogP contribution is -1.93. The fourth-order valence-electron chi connectivity index (χ4n) is 1.64. The predicted octanol–water partition coefficient (Wildman–Crippen LogP) is 3.63. The highest BCUT2D eigenvalue weighted by molar-refractivity contribution is 7.16. The Morgan fingerprint density at radius 1 is 1.17 bits per heavy atom. The maximum Gasteiger partial charge on any atom is 0.234 e. The number of hydrogen-bond acceptors (Lipinski definition) is 4. The molecule has 0 aliphatic heterocycles. The minimum absolute atomic E-state index is 0.398. The molecule has 6 heteroatoms. The van der Waals surface area contributed by atoms with Gasteiger partial charge < -0.3 is 0 Å². The van der Waals surface area contributed by atoms with Gasteiger partial charge in [0.05, 0.1) is 0 Å². The van der Waals surface area contributed by atoms with Crippen LogP contribution in [0.15, 0.2) is 24.3 Å². The third kappa shape index (κ3) is 1.89. The van der Waals surface area contributed by atoms with Crippen molar-refractivity contribution in [2.24, 2.45) is 0 Å². The Hall–Kier alpha value is -1.46. The molecule has 0 amide bonds. The molecule has 2 aromatic heterocycles. The van der Waals surface area contributed by atoms with Gasteiger partial charge in [-0.2, -0.15) is 9.61 Å². The Bertz CT molecular complexity index is 684. The van der Waals surface area contributed by atoms with Crippen LogP contribution in [0.2, 0.25) is 5.02 Å². The van der Waals surface area contributed by atoms with E-state index in [0.717, 1.165) is 21.4 Å². The van der Waals surface area contributed by atoms with Crippen LogP contribution >= 0.6 is 22.9 Å². The predicted molar refractivity (Wildman–Crippen MR) is 73.2 cm³/mol. The van der Waals surface area contributed by atoms with Crippen LogP contribution in [0.3, 0.4) is 0 Å². The van der Waals surface area contributed by atoms with Gasteiger partial charge in [0.25, 0.3) is 0 Å². The summed E-state index contributed by atoms with van der Waals surface area (Å²) in [6.45, 7) is 4.24. The maximum absolute atomic E-state index is 5.88. The molecule has 0 N–H and O–H groups in total. The third-order valence-corrected chi connectivity index (χ3v) is 4.05. The van der Waals surface area contributed by atoms with Crippen molar-refractivity contribution in [1.82, 2.24) is 19.8 Å². The van der Waals surface area contributed by atoms with E-state index < -0.39 is 0 Å². The van der Waals surface area contributed by atoms with E-state index in [9.17, 15) is 0 Å². The van der Waals surface area contributed by atoms with Gasteiger partial charge in [-0.25, -0.2) is 0 Å². The van der Waals surface area contributed by atoms with Gasteiger partial charge in [-0.1, -0.05) is 36.8 Å². The van der Waals surface area contributed by atoms with E-state index in [2.05, 4.69) is 29.1 Å². The molecule has 0 saturated heterocycles. The molecule has 0 radical (unpaired) electrons. The molecule has 3 aromatic rings. The molecule has 92 valence electrons. The van der Waals surface area contributed by atoms with Crippen molar-refractivity contribution in [3.63, 3.8) is 0 Å². The number of hydrogen-bond donors (Lipinski definition) is 0. The van der Waals surface area contributed by atoms with E-state index in [1.165, 1.54) is 0 Å². The van der Waals surface area contributed by atoms with E-state index in [1.54, 1.807) is 15.9 Å². The summed E-state index contributed by atoms with van der Waals surface area (Å²) in [5, 5.41) is 14.7. The monoisotopic (exact) mass is 278 g/mol. The summed E-state index contributed by atoms with van der Waals surface area (Å²) in [5.74, 6) is 1.15. The van der Waals surface area contributed by atoms with Crippen LogP contribution in [0.1, 0.15) is 24.8 Å². The second-order valence-corrected chi connectivity index (χ2v) is 5.74. The van der Waals surface area contributed by atoms with Crippen molar-refractivity contribution in [3.05, 3.63) is 34.3 Å². The molecule has 0 saturated carbocycles. The minimum atomic E-state index is 0.398. The van der Waals surface area contributed by atoms with Gasteiger partial charge in [0.15, 0.2) is 5.82 Å². The van der Waals surface area contributed by atoms with Gasteiger partial charge >= 0.3 is 0 Å².